The molecular formula is C31H38N6O2. The van der Waals surface area contributed by atoms with Gasteiger partial charge in [0.2, 0.25) is 11.9 Å². The number of anilines is 3. The molecule has 39 heavy (non-hydrogen) atoms. The summed E-state index contributed by atoms with van der Waals surface area (Å²) in [7, 11) is 0. The Labute approximate surface area is 230 Å². The topological polar surface area (TPSA) is 81.7 Å². The van der Waals surface area contributed by atoms with Crippen molar-refractivity contribution in [2.75, 3.05) is 47.8 Å². The van der Waals surface area contributed by atoms with Gasteiger partial charge in [0, 0.05) is 56.3 Å². The van der Waals surface area contributed by atoms with E-state index in [4.69, 9.17) is 0 Å². The van der Waals surface area contributed by atoms with Gasteiger partial charge >= 0.3 is 0 Å². The highest BCUT2D eigenvalue weighted by Crippen LogP contribution is 2.46. The van der Waals surface area contributed by atoms with E-state index in [0.717, 1.165) is 48.3 Å². The summed E-state index contributed by atoms with van der Waals surface area (Å²) in [5, 5.41) is 3.68. The molecule has 0 saturated carbocycles. The van der Waals surface area contributed by atoms with Gasteiger partial charge in [0.05, 0.1) is 24.0 Å². The number of Topliss-reactive ketones (excluding diaryl/α,β-unsaturated/α-hetero) is 1. The fourth-order valence-corrected chi connectivity index (χ4v) is 6.72. The van der Waals surface area contributed by atoms with E-state index >= 15 is 0 Å². The first-order valence-electron chi connectivity index (χ1n) is 14.2. The van der Waals surface area contributed by atoms with E-state index in [2.05, 4.69) is 63.2 Å². The van der Waals surface area contributed by atoms with Crippen LogP contribution in [0.15, 0.2) is 66.1 Å². The van der Waals surface area contributed by atoms with Crippen molar-refractivity contribution in [3.63, 3.8) is 0 Å². The molecule has 1 amide bonds. The van der Waals surface area contributed by atoms with Crippen LogP contribution >= 0.6 is 0 Å². The van der Waals surface area contributed by atoms with E-state index in [9.17, 15) is 9.59 Å². The Bertz CT molecular complexity index is 1300. The molecule has 1 fully saturated rings. The highest BCUT2D eigenvalue weighted by molar-refractivity contribution is 6.01. The molecule has 204 valence electrons. The Hall–Kier alpha value is -3.68. The first-order chi connectivity index (χ1) is 18.9. The van der Waals surface area contributed by atoms with Gasteiger partial charge in [0.25, 0.3) is 0 Å². The molecule has 8 heteroatoms. The maximum Gasteiger partial charge on any atom is 0.242 e. The van der Waals surface area contributed by atoms with Gasteiger partial charge in [-0.3, -0.25) is 9.59 Å². The number of nitrogens with zero attached hydrogens (tertiary/aromatic N) is 5. The molecule has 8 nitrogen and oxygen atoms in total. The van der Waals surface area contributed by atoms with Crippen LogP contribution in [-0.2, 0) is 9.59 Å². The zero-order valence-corrected chi connectivity index (χ0v) is 23.0. The number of amides is 1. The normalized spacial score (nSPS) is 24.6. The minimum absolute atomic E-state index is 0.0952. The molecule has 2 atom stereocenters. The van der Waals surface area contributed by atoms with E-state index < -0.39 is 0 Å². The maximum atomic E-state index is 13.9. The summed E-state index contributed by atoms with van der Waals surface area (Å²) < 4.78 is 0. The number of benzene rings is 1. The Morgan fingerprint density at radius 1 is 1.03 bits per heavy atom. The van der Waals surface area contributed by atoms with Crippen molar-refractivity contribution < 1.29 is 9.59 Å². The average Bonchev–Trinajstić information content (AvgIpc) is 3.08. The first kappa shape index (κ1) is 25.6. The summed E-state index contributed by atoms with van der Waals surface area (Å²) in [4.78, 5) is 42.8. The lowest BCUT2D eigenvalue weighted by Crippen LogP contribution is -2.54. The predicted molar refractivity (Wildman–Crippen MR) is 154 cm³/mol. The lowest BCUT2D eigenvalue weighted by molar-refractivity contribution is -0.130. The molecule has 2 unspecified atom stereocenters. The van der Waals surface area contributed by atoms with Crippen LogP contribution < -0.4 is 15.1 Å². The van der Waals surface area contributed by atoms with Crippen LogP contribution in [0.5, 0.6) is 0 Å². The van der Waals surface area contributed by atoms with Crippen LogP contribution in [0.4, 0.5) is 17.3 Å². The second-order valence-electron chi connectivity index (χ2n) is 12.0. The number of carbonyl (C=O) groups is 2. The molecule has 0 spiro atoms. The zero-order chi connectivity index (χ0) is 27.0. The van der Waals surface area contributed by atoms with Crippen molar-refractivity contribution in [3.05, 3.63) is 66.1 Å². The zero-order valence-electron chi connectivity index (χ0n) is 23.0. The lowest BCUT2D eigenvalue weighted by atomic mass is 9.71. The predicted octanol–water partition coefficient (Wildman–Crippen LogP) is 4.43. The number of carbonyl (C=O) groups excluding carboxylic acids is 2. The standard InChI is InChI=1S/C31H38N6O2/c1-31(2)19-24-28(26(38)20-31)29(22-9-4-3-5-10-22)37(25-12-7-6-11-23(25)34-24)21-27(39)35-15-17-36(18-16-35)30-32-13-8-14-33-30/h3-4,6-8,11-14,22,29,34H,5,9-10,15-21H2,1-2H3. The fourth-order valence-electron chi connectivity index (χ4n) is 6.72. The monoisotopic (exact) mass is 526 g/mol. The molecular weight excluding hydrogens is 488 g/mol. The van der Waals surface area contributed by atoms with Crippen LogP contribution in [0.25, 0.3) is 0 Å². The number of hydrogen-bond acceptors (Lipinski definition) is 7. The Balaban J connectivity index is 1.32. The number of allylic oxidation sites excluding steroid dienone is 3. The minimum Gasteiger partial charge on any atom is -0.357 e. The maximum absolute atomic E-state index is 13.9. The molecule has 2 aromatic rings. The van der Waals surface area contributed by atoms with Crippen molar-refractivity contribution >= 4 is 29.0 Å². The molecule has 4 aliphatic rings. The number of para-hydroxylation sites is 2. The molecule has 6 rings (SSSR count). The van der Waals surface area contributed by atoms with Crippen molar-refractivity contribution in [1.29, 1.82) is 0 Å². The van der Waals surface area contributed by atoms with Gasteiger partial charge in [-0.1, -0.05) is 38.1 Å². The van der Waals surface area contributed by atoms with E-state index in [0.29, 0.717) is 38.5 Å². The van der Waals surface area contributed by atoms with Gasteiger partial charge in [-0.05, 0) is 55.2 Å². The van der Waals surface area contributed by atoms with Gasteiger partial charge in [-0.15, -0.1) is 0 Å². The van der Waals surface area contributed by atoms with Crippen molar-refractivity contribution in [2.45, 2.75) is 52.0 Å². The Morgan fingerprint density at radius 3 is 2.54 bits per heavy atom. The highest BCUT2D eigenvalue weighted by atomic mass is 16.2. The highest BCUT2D eigenvalue weighted by Gasteiger charge is 2.44. The van der Waals surface area contributed by atoms with E-state index in [1.54, 1.807) is 12.4 Å². The second kappa shape index (κ2) is 10.5. The van der Waals surface area contributed by atoms with Crippen molar-refractivity contribution in [3.8, 4) is 0 Å². The summed E-state index contributed by atoms with van der Waals surface area (Å²) in [6.45, 7) is 7.26. The van der Waals surface area contributed by atoms with Gasteiger partial charge in [0.1, 0.15) is 0 Å². The summed E-state index contributed by atoms with van der Waals surface area (Å²) >= 11 is 0. The summed E-state index contributed by atoms with van der Waals surface area (Å²) in [5.74, 6) is 1.30. The molecule has 2 aliphatic carbocycles. The van der Waals surface area contributed by atoms with Crippen LogP contribution in [0.1, 0.15) is 46.0 Å². The largest absolute Gasteiger partial charge is 0.357 e. The Kier molecular flexibility index (Phi) is 6.87. The molecule has 2 aliphatic heterocycles. The number of hydrogen-bond donors (Lipinski definition) is 1. The molecule has 1 aromatic carbocycles. The average molecular weight is 527 g/mol. The van der Waals surface area contributed by atoms with Gasteiger partial charge in [-0.25, -0.2) is 9.97 Å². The first-order valence-corrected chi connectivity index (χ1v) is 14.2. The second-order valence-corrected chi connectivity index (χ2v) is 12.0. The van der Waals surface area contributed by atoms with Crippen LogP contribution in [0, 0.1) is 11.3 Å². The third-order valence-corrected chi connectivity index (χ3v) is 8.58. The SMILES string of the molecule is CC1(C)CC(=O)C2=C(C1)Nc1ccccc1N(CC(=O)N1CCN(c3ncccn3)CC1)C2C1CC=CCC1. The fraction of sp³-hybridized carbons (Fsp3) is 0.484. The smallest absolute Gasteiger partial charge is 0.242 e. The molecule has 0 radical (unpaired) electrons. The third-order valence-electron chi connectivity index (χ3n) is 8.58. The van der Waals surface area contributed by atoms with E-state index in [-0.39, 0.29) is 35.6 Å². The number of ketones is 1. The quantitative estimate of drug-likeness (QED) is 0.591. The lowest BCUT2D eigenvalue weighted by Gasteiger charge is -2.43. The number of aromatic nitrogens is 2. The summed E-state index contributed by atoms with van der Waals surface area (Å²) in [6.07, 6.45) is 12.3. The summed E-state index contributed by atoms with van der Waals surface area (Å²) in [5.41, 5.74) is 3.81. The molecule has 1 aromatic heterocycles. The molecule has 1 saturated heterocycles. The number of rotatable bonds is 4. The van der Waals surface area contributed by atoms with Crippen LogP contribution in [0.2, 0.25) is 0 Å². The van der Waals surface area contributed by atoms with Gasteiger partial charge < -0.3 is 20.0 Å². The number of nitrogens with one attached hydrogen (secondary N) is 1. The van der Waals surface area contributed by atoms with E-state index in [1.165, 1.54) is 0 Å². The van der Waals surface area contributed by atoms with Crippen molar-refractivity contribution in [1.82, 2.24) is 14.9 Å². The van der Waals surface area contributed by atoms with Crippen LogP contribution in [0.3, 0.4) is 0 Å². The van der Waals surface area contributed by atoms with Gasteiger partial charge in [-0.2, -0.15) is 0 Å². The van der Waals surface area contributed by atoms with Gasteiger partial charge in [0.15, 0.2) is 5.78 Å². The summed E-state index contributed by atoms with van der Waals surface area (Å²) in [6, 6.07) is 9.91. The third kappa shape index (κ3) is 5.16. The minimum atomic E-state index is -0.132. The number of piperazine rings is 1. The van der Waals surface area contributed by atoms with E-state index in [1.807, 2.05) is 23.1 Å². The molecule has 0 bridgehead atoms. The van der Waals surface area contributed by atoms with Crippen LogP contribution in [-0.4, -0.2) is 65.3 Å². The molecule has 3 heterocycles. The Morgan fingerprint density at radius 2 is 1.79 bits per heavy atom. The van der Waals surface area contributed by atoms with Crippen molar-refractivity contribution in [2.24, 2.45) is 11.3 Å². The molecule has 1 N–H and O–H groups in total. The number of fused-ring (bicyclic) bond motifs is 1.